The van der Waals surface area contributed by atoms with Gasteiger partial charge in [-0.15, -0.1) is 0 Å². The van der Waals surface area contributed by atoms with Crippen LogP contribution in [0.15, 0.2) is 36.5 Å². The van der Waals surface area contributed by atoms with Gasteiger partial charge in [0, 0.05) is 17.1 Å². The lowest BCUT2D eigenvalue weighted by atomic mass is 10.2. The average molecular weight is 340 g/mol. The first-order valence-electron chi connectivity index (χ1n) is 8.15. The first kappa shape index (κ1) is 16.8. The van der Waals surface area contributed by atoms with E-state index in [1.165, 1.54) is 0 Å². The van der Waals surface area contributed by atoms with Gasteiger partial charge in [0.2, 0.25) is 0 Å². The Morgan fingerprint density at radius 2 is 2.04 bits per heavy atom. The molecule has 0 radical (unpaired) electrons. The SMILES string of the molecule is CCc1ccc(Oc2cc(OC(C)C)c3[nH]c(C(=O)O)cc3c2)cn1. The number of carboxylic acids is 1. The molecule has 6 heteroatoms. The fourth-order valence-electron chi connectivity index (χ4n) is 2.52. The Bertz CT molecular complexity index is 898. The van der Waals surface area contributed by atoms with Crippen molar-refractivity contribution in [3.8, 4) is 17.2 Å². The maximum absolute atomic E-state index is 11.2. The average Bonchev–Trinajstić information content (AvgIpc) is 3.00. The molecule has 2 heterocycles. The highest BCUT2D eigenvalue weighted by atomic mass is 16.5. The van der Waals surface area contributed by atoms with Crippen LogP contribution in [0.1, 0.15) is 37.0 Å². The van der Waals surface area contributed by atoms with Crippen molar-refractivity contribution in [3.63, 3.8) is 0 Å². The summed E-state index contributed by atoms with van der Waals surface area (Å²) in [7, 11) is 0. The molecule has 0 aliphatic rings. The molecule has 0 spiro atoms. The number of carbonyl (C=O) groups is 1. The predicted molar refractivity (Wildman–Crippen MR) is 94.7 cm³/mol. The van der Waals surface area contributed by atoms with Crippen LogP contribution in [0, 0.1) is 0 Å². The first-order chi connectivity index (χ1) is 12.0. The second-order valence-corrected chi connectivity index (χ2v) is 5.98. The maximum atomic E-state index is 11.2. The monoisotopic (exact) mass is 340 g/mol. The van der Waals surface area contributed by atoms with Gasteiger partial charge in [-0.25, -0.2) is 4.79 Å². The highest BCUT2D eigenvalue weighted by Crippen LogP contribution is 2.34. The van der Waals surface area contributed by atoms with Crippen molar-refractivity contribution in [1.29, 1.82) is 0 Å². The second kappa shape index (κ2) is 6.84. The van der Waals surface area contributed by atoms with Crippen molar-refractivity contribution in [1.82, 2.24) is 9.97 Å². The molecule has 0 aliphatic heterocycles. The minimum Gasteiger partial charge on any atom is -0.489 e. The van der Waals surface area contributed by atoms with E-state index in [0.717, 1.165) is 12.1 Å². The Morgan fingerprint density at radius 3 is 2.64 bits per heavy atom. The molecule has 0 fully saturated rings. The lowest BCUT2D eigenvalue weighted by molar-refractivity contribution is 0.0691. The summed E-state index contributed by atoms with van der Waals surface area (Å²) in [5.74, 6) is 0.702. The van der Waals surface area contributed by atoms with Gasteiger partial charge in [-0.3, -0.25) is 4.98 Å². The third-order valence-electron chi connectivity index (χ3n) is 3.65. The third kappa shape index (κ3) is 3.74. The summed E-state index contributed by atoms with van der Waals surface area (Å²) in [5, 5.41) is 9.91. The van der Waals surface area contributed by atoms with Gasteiger partial charge >= 0.3 is 5.97 Å². The lowest BCUT2D eigenvalue weighted by Crippen LogP contribution is -2.06. The molecule has 3 rings (SSSR count). The van der Waals surface area contributed by atoms with Crippen molar-refractivity contribution < 1.29 is 19.4 Å². The molecule has 3 aromatic rings. The summed E-state index contributed by atoms with van der Waals surface area (Å²) in [6.45, 7) is 5.86. The lowest BCUT2D eigenvalue weighted by Gasteiger charge is -2.13. The number of carboxylic acid groups (broad SMARTS) is 1. The summed E-state index contributed by atoms with van der Waals surface area (Å²) >= 11 is 0. The molecule has 0 unspecified atom stereocenters. The number of fused-ring (bicyclic) bond motifs is 1. The molecule has 0 saturated carbocycles. The number of aromatic nitrogens is 2. The largest absolute Gasteiger partial charge is 0.489 e. The molecule has 2 aromatic heterocycles. The number of nitrogens with one attached hydrogen (secondary N) is 1. The van der Waals surface area contributed by atoms with Crippen LogP contribution in [0.4, 0.5) is 0 Å². The van der Waals surface area contributed by atoms with Gasteiger partial charge in [0.15, 0.2) is 0 Å². The van der Waals surface area contributed by atoms with E-state index in [9.17, 15) is 9.90 Å². The zero-order valence-electron chi connectivity index (χ0n) is 14.4. The molecule has 25 heavy (non-hydrogen) atoms. The van der Waals surface area contributed by atoms with E-state index in [2.05, 4.69) is 9.97 Å². The summed E-state index contributed by atoms with van der Waals surface area (Å²) < 4.78 is 11.7. The fourth-order valence-corrected chi connectivity index (χ4v) is 2.52. The minimum atomic E-state index is -1.02. The van der Waals surface area contributed by atoms with E-state index < -0.39 is 5.97 Å². The van der Waals surface area contributed by atoms with Crippen LogP contribution in [-0.2, 0) is 6.42 Å². The van der Waals surface area contributed by atoms with Gasteiger partial charge < -0.3 is 19.6 Å². The van der Waals surface area contributed by atoms with E-state index >= 15 is 0 Å². The van der Waals surface area contributed by atoms with Gasteiger partial charge in [-0.1, -0.05) is 6.92 Å². The van der Waals surface area contributed by atoms with Gasteiger partial charge in [0.05, 0.1) is 17.8 Å². The van der Waals surface area contributed by atoms with Gasteiger partial charge in [-0.2, -0.15) is 0 Å². The summed E-state index contributed by atoms with van der Waals surface area (Å²) in [6.07, 6.45) is 2.48. The van der Waals surface area contributed by atoms with E-state index in [0.29, 0.717) is 28.2 Å². The van der Waals surface area contributed by atoms with Crippen molar-refractivity contribution in [2.75, 3.05) is 0 Å². The molecule has 0 atom stereocenters. The van der Waals surface area contributed by atoms with E-state index in [4.69, 9.17) is 9.47 Å². The predicted octanol–water partition coefficient (Wildman–Crippen LogP) is 4.40. The van der Waals surface area contributed by atoms with E-state index in [1.807, 2.05) is 32.9 Å². The number of pyridine rings is 1. The van der Waals surface area contributed by atoms with Gasteiger partial charge in [0.1, 0.15) is 22.9 Å². The van der Waals surface area contributed by atoms with E-state index in [1.54, 1.807) is 24.4 Å². The normalized spacial score (nSPS) is 11.0. The van der Waals surface area contributed by atoms with Crippen LogP contribution >= 0.6 is 0 Å². The van der Waals surface area contributed by atoms with Crippen molar-refractivity contribution >= 4 is 16.9 Å². The molecular formula is C19H20N2O4. The molecular weight excluding hydrogens is 320 g/mol. The highest BCUT2D eigenvalue weighted by molar-refractivity contribution is 5.96. The van der Waals surface area contributed by atoms with Crippen LogP contribution < -0.4 is 9.47 Å². The van der Waals surface area contributed by atoms with Crippen molar-refractivity contribution in [2.24, 2.45) is 0 Å². The number of aryl methyl sites for hydroxylation is 1. The van der Waals surface area contributed by atoms with Gasteiger partial charge in [-0.05, 0) is 44.5 Å². The number of H-pyrrole nitrogens is 1. The van der Waals surface area contributed by atoms with Crippen LogP contribution in [0.3, 0.4) is 0 Å². The number of aromatic amines is 1. The van der Waals surface area contributed by atoms with Crippen molar-refractivity contribution in [3.05, 3.63) is 47.9 Å². The number of benzene rings is 1. The second-order valence-electron chi connectivity index (χ2n) is 5.98. The Kier molecular flexibility index (Phi) is 4.61. The number of ether oxygens (including phenoxy) is 2. The van der Waals surface area contributed by atoms with E-state index in [-0.39, 0.29) is 11.8 Å². The molecule has 0 aliphatic carbocycles. The number of nitrogens with zero attached hydrogens (tertiary/aromatic N) is 1. The molecule has 2 N–H and O–H groups in total. The van der Waals surface area contributed by atoms with Crippen molar-refractivity contribution in [2.45, 2.75) is 33.3 Å². The summed E-state index contributed by atoms with van der Waals surface area (Å²) in [4.78, 5) is 18.4. The third-order valence-corrected chi connectivity index (χ3v) is 3.65. The quantitative estimate of drug-likeness (QED) is 0.694. The Morgan fingerprint density at radius 1 is 1.24 bits per heavy atom. The summed E-state index contributed by atoms with van der Waals surface area (Å²) in [6, 6.07) is 8.87. The maximum Gasteiger partial charge on any atom is 0.352 e. The first-order valence-corrected chi connectivity index (χ1v) is 8.15. The Hall–Kier alpha value is -3.02. The number of hydrogen-bond acceptors (Lipinski definition) is 4. The molecule has 0 saturated heterocycles. The molecule has 1 aromatic carbocycles. The summed E-state index contributed by atoms with van der Waals surface area (Å²) in [5.41, 5.74) is 1.73. The van der Waals surface area contributed by atoms with Crippen LogP contribution in [0.2, 0.25) is 0 Å². The van der Waals surface area contributed by atoms with Crippen LogP contribution in [0.25, 0.3) is 10.9 Å². The Labute approximate surface area is 145 Å². The van der Waals surface area contributed by atoms with Crippen LogP contribution in [-0.4, -0.2) is 27.1 Å². The number of hydrogen-bond donors (Lipinski definition) is 2. The molecule has 130 valence electrons. The smallest absolute Gasteiger partial charge is 0.352 e. The standard InChI is InChI=1S/C19H20N2O4/c1-4-13-5-6-14(10-20-13)25-15-7-12-8-16(19(22)23)21-18(12)17(9-15)24-11(2)3/h5-11,21H,4H2,1-3H3,(H,22,23). The molecule has 0 bridgehead atoms. The van der Waals surface area contributed by atoms with Gasteiger partial charge in [0.25, 0.3) is 0 Å². The zero-order valence-corrected chi connectivity index (χ0v) is 14.4. The highest BCUT2D eigenvalue weighted by Gasteiger charge is 2.14. The fraction of sp³-hybridized carbons (Fsp3) is 0.263. The topological polar surface area (TPSA) is 84.4 Å². The molecule has 6 nitrogen and oxygen atoms in total. The number of aromatic carboxylic acids is 1. The zero-order chi connectivity index (χ0) is 18.0. The number of rotatable bonds is 6. The Balaban J connectivity index is 2.00. The minimum absolute atomic E-state index is 0.0551. The molecule has 0 amide bonds. The van der Waals surface area contributed by atoms with Crippen LogP contribution in [0.5, 0.6) is 17.2 Å².